The van der Waals surface area contributed by atoms with Gasteiger partial charge < -0.3 is 0 Å². The molecule has 0 saturated carbocycles. The minimum atomic E-state index is 0.407. The van der Waals surface area contributed by atoms with Crippen LogP contribution in [-0.4, -0.2) is 4.98 Å². The van der Waals surface area contributed by atoms with Crippen molar-refractivity contribution in [3.63, 3.8) is 0 Å². The Morgan fingerprint density at radius 1 is 1.50 bits per heavy atom. The molecule has 0 saturated heterocycles. The van der Waals surface area contributed by atoms with E-state index in [1.807, 2.05) is 31.3 Å². The SMILES string of the molecule is CC#CC(C)Cc1ccccn1. The Hall–Kier alpha value is -1.29. The van der Waals surface area contributed by atoms with Gasteiger partial charge in [-0.2, -0.15) is 0 Å². The molecule has 0 spiro atoms. The highest BCUT2D eigenvalue weighted by Gasteiger charge is 1.98. The average molecular weight is 159 g/mol. The molecule has 1 atom stereocenters. The van der Waals surface area contributed by atoms with Crippen LogP contribution < -0.4 is 0 Å². The third-order valence-corrected chi connectivity index (χ3v) is 1.63. The highest BCUT2D eigenvalue weighted by molar-refractivity contribution is 5.09. The molecule has 1 nitrogen and oxygen atoms in total. The largest absolute Gasteiger partial charge is 0.261 e. The molecule has 1 unspecified atom stereocenters. The zero-order valence-corrected chi connectivity index (χ0v) is 7.54. The molecule has 1 rings (SSSR count). The first-order valence-electron chi connectivity index (χ1n) is 4.15. The molecule has 0 aromatic carbocycles. The van der Waals surface area contributed by atoms with Crippen molar-refractivity contribution in [2.24, 2.45) is 5.92 Å². The summed E-state index contributed by atoms with van der Waals surface area (Å²) < 4.78 is 0. The molecular formula is C11H13N. The molecule has 0 aliphatic heterocycles. The van der Waals surface area contributed by atoms with Gasteiger partial charge in [0, 0.05) is 24.2 Å². The lowest BCUT2D eigenvalue weighted by Gasteiger charge is -2.01. The van der Waals surface area contributed by atoms with Crippen LogP contribution in [-0.2, 0) is 6.42 Å². The third-order valence-electron chi connectivity index (χ3n) is 1.63. The maximum absolute atomic E-state index is 4.23. The molecule has 0 aliphatic rings. The topological polar surface area (TPSA) is 12.9 Å². The van der Waals surface area contributed by atoms with Gasteiger partial charge in [-0.15, -0.1) is 11.8 Å². The van der Waals surface area contributed by atoms with Gasteiger partial charge in [0.25, 0.3) is 0 Å². The van der Waals surface area contributed by atoms with Crippen LogP contribution in [0.3, 0.4) is 0 Å². The maximum Gasteiger partial charge on any atom is 0.0415 e. The predicted molar refractivity (Wildman–Crippen MR) is 50.6 cm³/mol. The molecule has 0 amide bonds. The summed E-state index contributed by atoms with van der Waals surface area (Å²) in [6.45, 7) is 3.99. The van der Waals surface area contributed by atoms with Crippen molar-refractivity contribution in [1.29, 1.82) is 0 Å². The van der Waals surface area contributed by atoms with Crippen molar-refractivity contribution < 1.29 is 0 Å². The molecule has 12 heavy (non-hydrogen) atoms. The minimum absolute atomic E-state index is 0.407. The molecule has 0 radical (unpaired) electrons. The van der Waals surface area contributed by atoms with Crippen molar-refractivity contribution in [2.75, 3.05) is 0 Å². The Labute approximate surface area is 73.8 Å². The number of pyridine rings is 1. The van der Waals surface area contributed by atoms with Crippen LogP contribution in [0.25, 0.3) is 0 Å². The Bertz CT molecular complexity index is 279. The van der Waals surface area contributed by atoms with E-state index in [0.717, 1.165) is 12.1 Å². The molecule has 1 aromatic rings. The minimum Gasteiger partial charge on any atom is -0.261 e. The highest BCUT2D eigenvalue weighted by Crippen LogP contribution is 2.03. The number of hydrogen-bond acceptors (Lipinski definition) is 1. The van der Waals surface area contributed by atoms with Crippen LogP contribution in [0.15, 0.2) is 24.4 Å². The summed E-state index contributed by atoms with van der Waals surface area (Å²) in [5.74, 6) is 6.42. The Morgan fingerprint density at radius 2 is 2.33 bits per heavy atom. The van der Waals surface area contributed by atoms with Gasteiger partial charge in [-0.05, 0) is 19.1 Å². The van der Waals surface area contributed by atoms with Gasteiger partial charge in [0.1, 0.15) is 0 Å². The molecule has 1 heteroatoms. The van der Waals surface area contributed by atoms with E-state index < -0.39 is 0 Å². The average Bonchev–Trinajstić information content (AvgIpc) is 2.06. The lowest BCUT2D eigenvalue weighted by atomic mass is 10.1. The standard InChI is InChI=1S/C11H13N/c1-3-6-10(2)9-11-7-4-5-8-12-11/h4-5,7-8,10H,9H2,1-2H3. The fourth-order valence-corrected chi connectivity index (χ4v) is 1.13. The number of aromatic nitrogens is 1. The summed E-state index contributed by atoms with van der Waals surface area (Å²) in [6, 6.07) is 5.97. The highest BCUT2D eigenvalue weighted by atomic mass is 14.7. The molecule has 1 aromatic heterocycles. The molecular weight excluding hydrogens is 146 g/mol. The lowest BCUT2D eigenvalue weighted by molar-refractivity contribution is 0.731. The zero-order chi connectivity index (χ0) is 8.81. The van der Waals surface area contributed by atoms with Gasteiger partial charge in [-0.1, -0.05) is 13.0 Å². The van der Waals surface area contributed by atoms with E-state index in [2.05, 4.69) is 23.7 Å². The first kappa shape index (κ1) is 8.80. The summed E-state index contributed by atoms with van der Waals surface area (Å²) >= 11 is 0. The lowest BCUT2D eigenvalue weighted by Crippen LogP contribution is -1.97. The van der Waals surface area contributed by atoms with E-state index in [1.165, 1.54) is 0 Å². The second kappa shape index (κ2) is 4.56. The van der Waals surface area contributed by atoms with Crippen molar-refractivity contribution >= 4 is 0 Å². The first-order chi connectivity index (χ1) is 5.83. The molecule has 0 bridgehead atoms. The summed E-state index contributed by atoms with van der Waals surface area (Å²) in [4.78, 5) is 4.23. The number of nitrogens with zero attached hydrogens (tertiary/aromatic N) is 1. The van der Waals surface area contributed by atoms with Crippen molar-refractivity contribution in [1.82, 2.24) is 4.98 Å². The quantitative estimate of drug-likeness (QED) is 0.603. The van der Waals surface area contributed by atoms with Crippen LogP contribution in [0.4, 0.5) is 0 Å². The summed E-state index contributed by atoms with van der Waals surface area (Å²) in [5.41, 5.74) is 1.12. The second-order valence-electron chi connectivity index (χ2n) is 2.82. The van der Waals surface area contributed by atoms with Gasteiger partial charge in [0.05, 0.1) is 0 Å². The van der Waals surface area contributed by atoms with Gasteiger partial charge in [0.2, 0.25) is 0 Å². The number of rotatable bonds is 2. The zero-order valence-electron chi connectivity index (χ0n) is 7.54. The fraction of sp³-hybridized carbons (Fsp3) is 0.364. The summed E-state index contributed by atoms with van der Waals surface area (Å²) in [5, 5.41) is 0. The smallest absolute Gasteiger partial charge is 0.0415 e. The molecule has 0 aliphatic carbocycles. The predicted octanol–water partition coefficient (Wildman–Crippen LogP) is 2.28. The van der Waals surface area contributed by atoms with Crippen LogP contribution in [0, 0.1) is 17.8 Å². The fourth-order valence-electron chi connectivity index (χ4n) is 1.13. The van der Waals surface area contributed by atoms with E-state index in [0.29, 0.717) is 5.92 Å². The Kier molecular flexibility index (Phi) is 3.35. The van der Waals surface area contributed by atoms with E-state index in [-0.39, 0.29) is 0 Å². The van der Waals surface area contributed by atoms with E-state index >= 15 is 0 Å². The van der Waals surface area contributed by atoms with E-state index in [1.54, 1.807) is 0 Å². The van der Waals surface area contributed by atoms with Gasteiger partial charge in [-0.3, -0.25) is 4.98 Å². The van der Waals surface area contributed by atoms with Crippen LogP contribution in [0.1, 0.15) is 19.5 Å². The van der Waals surface area contributed by atoms with E-state index in [9.17, 15) is 0 Å². The van der Waals surface area contributed by atoms with E-state index in [4.69, 9.17) is 0 Å². The Balaban J connectivity index is 2.56. The molecule has 1 heterocycles. The molecule has 0 N–H and O–H groups in total. The summed E-state index contributed by atoms with van der Waals surface area (Å²) in [6.07, 6.45) is 2.77. The first-order valence-corrected chi connectivity index (χ1v) is 4.15. The van der Waals surface area contributed by atoms with Crippen molar-refractivity contribution in [3.05, 3.63) is 30.1 Å². The van der Waals surface area contributed by atoms with Gasteiger partial charge in [-0.25, -0.2) is 0 Å². The van der Waals surface area contributed by atoms with Crippen LogP contribution in [0.2, 0.25) is 0 Å². The maximum atomic E-state index is 4.23. The molecule has 0 fully saturated rings. The second-order valence-corrected chi connectivity index (χ2v) is 2.82. The third kappa shape index (κ3) is 2.75. The van der Waals surface area contributed by atoms with Crippen LogP contribution >= 0.6 is 0 Å². The monoisotopic (exact) mass is 159 g/mol. The summed E-state index contributed by atoms with van der Waals surface area (Å²) in [7, 11) is 0. The van der Waals surface area contributed by atoms with Crippen LogP contribution in [0.5, 0.6) is 0 Å². The van der Waals surface area contributed by atoms with Crippen molar-refractivity contribution in [3.8, 4) is 11.8 Å². The normalized spacial score (nSPS) is 11.5. The van der Waals surface area contributed by atoms with Gasteiger partial charge in [0.15, 0.2) is 0 Å². The number of hydrogen-bond donors (Lipinski definition) is 0. The Morgan fingerprint density at radius 3 is 2.92 bits per heavy atom. The van der Waals surface area contributed by atoms with Crippen molar-refractivity contribution in [2.45, 2.75) is 20.3 Å². The molecule has 62 valence electrons. The van der Waals surface area contributed by atoms with Gasteiger partial charge >= 0.3 is 0 Å².